The molecule has 2 heterocycles. The summed E-state index contributed by atoms with van der Waals surface area (Å²) >= 11 is 0. The van der Waals surface area contributed by atoms with Gasteiger partial charge in [-0.2, -0.15) is 5.10 Å². The minimum absolute atomic E-state index is 0.0591. The molecule has 3 rings (SSSR count). The lowest BCUT2D eigenvalue weighted by molar-refractivity contribution is 0.0690. The van der Waals surface area contributed by atoms with Crippen molar-refractivity contribution in [1.82, 2.24) is 14.6 Å². The van der Waals surface area contributed by atoms with Gasteiger partial charge in [0, 0.05) is 17.5 Å². The Labute approximate surface area is 136 Å². The zero-order valence-corrected chi connectivity index (χ0v) is 14.0. The first kappa shape index (κ1) is 16.0. The summed E-state index contributed by atoms with van der Waals surface area (Å²) in [4.78, 5) is 15.8. The Morgan fingerprint density at radius 3 is 2.70 bits per heavy atom. The third-order valence-electron chi connectivity index (χ3n) is 4.85. The summed E-state index contributed by atoms with van der Waals surface area (Å²) in [6.07, 6.45) is 8.93. The number of hydrogen-bond donors (Lipinski definition) is 1. The predicted molar refractivity (Wildman–Crippen MR) is 88.9 cm³/mol. The maximum absolute atomic E-state index is 11.2. The first-order valence-corrected chi connectivity index (χ1v) is 8.67. The second-order valence-corrected chi connectivity index (χ2v) is 6.97. The van der Waals surface area contributed by atoms with E-state index in [9.17, 15) is 4.79 Å². The number of nitrogens with zero attached hydrogens (tertiary/aromatic N) is 3. The van der Waals surface area contributed by atoms with E-state index in [1.165, 1.54) is 38.5 Å². The highest BCUT2D eigenvalue weighted by atomic mass is 16.4. The zero-order valence-electron chi connectivity index (χ0n) is 14.0. The van der Waals surface area contributed by atoms with Crippen LogP contribution in [0.4, 0.5) is 0 Å². The molecule has 0 atom stereocenters. The van der Waals surface area contributed by atoms with E-state index in [1.54, 1.807) is 10.6 Å². The third-order valence-corrected chi connectivity index (χ3v) is 4.85. The fraction of sp³-hybridized carbons (Fsp3) is 0.611. The van der Waals surface area contributed by atoms with Crippen LogP contribution in [0.3, 0.4) is 0 Å². The minimum atomic E-state index is -1.01. The Hall–Kier alpha value is -1.91. The van der Waals surface area contributed by atoms with Gasteiger partial charge < -0.3 is 5.11 Å². The highest BCUT2D eigenvalue weighted by Gasteiger charge is 2.17. The van der Waals surface area contributed by atoms with Gasteiger partial charge in [0.1, 0.15) is 0 Å². The molecule has 2 aromatic rings. The van der Waals surface area contributed by atoms with Crippen molar-refractivity contribution in [2.45, 2.75) is 64.7 Å². The third kappa shape index (κ3) is 3.54. The van der Waals surface area contributed by atoms with Crippen molar-refractivity contribution in [2.24, 2.45) is 5.92 Å². The predicted octanol–water partition coefficient (Wildman–Crippen LogP) is 4.06. The first-order chi connectivity index (χ1) is 11.0. The van der Waals surface area contributed by atoms with E-state index in [0.29, 0.717) is 5.65 Å². The zero-order chi connectivity index (χ0) is 16.4. The molecule has 1 fully saturated rings. The number of hydrogen-bond acceptors (Lipinski definition) is 3. The molecule has 0 aliphatic heterocycles. The second kappa shape index (κ2) is 6.69. The topological polar surface area (TPSA) is 67.5 Å². The second-order valence-electron chi connectivity index (χ2n) is 6.97. The van der Waals surface area contributed by atoms with Gasteiger partial charge in [-0.1, -0.05) is 46.0 Å². The highest BCUT2D eigenvalue weighted by molar-refractivity contribution is 5.86. The lowest BCUT2D eigenvalue weighted by Crippen LogP contribution is -2.10. The number of carboxylic acid groups (broad SMARTS) is 1. The molecule has 23 heavy (non-hydrogen) atoms. The fourth-order valence-corrected chi connectivity index (χ4v) is 3.52. The molecule has 0 aromatic carbocycles. The molecule has 0 radical (unpaired) electrons. The van der Waals surface area contributed by atoms with Gasteiger partial charge in [-0.3, -0.25) is 0 Å². The lowest BCUT2D eigenvalue weighted by atomic mass is 9.86. The molecule has 5 nitrogen and oxygen atoms in total. The molecule has 0 spiro atoms. The standard InChI is InChI=1S/C18H25N3O2/c1-12(2)16-10-14(9-8-13-6-4-3-5-7-13)19-17-11-15(18(22)23)20-21(16)17/h10-13H,3-9H2,1-2H3,(H,22,23). The van der Waals surface area contributed by atoms with Crippen LogP contribution in [-0.2, 0) is 6.42 Å². The van der Waals surface area contributed by atoms with Gasteiger partial charge >= 0.3 is 5.97 Å². The van der Waals surface area contributed by atoms with E-state index >= 15 is 0 Å². The Kier molecular flexibility index (Phi) is 4.64. The molecule has 124 valence electrons. The number of carbonyl (C=O) groups is 1. The van der Waals surface area contributed by atoms with Gasteiger partial charge in [0.05, 0.1) is 0 Å². The van der Waals surface area contributed by atoms with Crippen LogP contribution in [0.25, 0.3) is 5.65 Å². The Morgan fingerprint density at radius 2 is 2.04 bits per heavy atom. The van der Waals surface area contributed by atoms with Crippen LogP contribution in [0.15, 0.2) is 12.1 Å². The maximum Gasteiger partial charge on any atom is 0.356 e. The van der Waals surface area contributed by atoms with Crippen LogP contribution in [0.2, 0.25) is 0 Å². The molecule has 1 aliphatic carbocycles. The van der Waals surface area contributed by atoms with E-state index in [-0.39, 0.29) is 11.6 Å². The summed E-state index contributed by atoms with van der Waals surface area (Å²) in [6, 6.07) is 3.66. The highest BCUT2D eigenvalue weighted by Crippen LogP contribution is 2.28. The quantitative estimate of drug-likeness (QED) is 0.903. The summed E-state index contributed by atoms with van der Waals surface area (Å²) < 4.78 is 1.68. The minimum Gasteiger partial charge on any atom is -0.476 e. The Morgan fingerprint density at radius 1 is 1.30 bits per heavy atom. The normalized spacial score (nSPS) is 16.3. The van der Waals surface area contributed by atoms with Crippen molar-refractivity contribution in [1.29, 1.82) is 0 Å². The summed E-state index contributed by atoms with van der Waals surface area (Å²) in [5.74, 6) is 0.0909. The molecule has 0 saturated heterocycles. The maximum atomic E-state index is 11.2. The van der Waals surface area contributed by atoms with Gasteiger partial charge in [-0.25, -0.2) is 14.3 Å². The van der Waals surface area contributed by atoms with Crippen molar-refractivity contribution in [3.05, 3.63) is 29.2 Å². The van der Waals surface area contributed by atoms with E-state index in [1.807, 2.05) is 0 Å². The number of aromatic carboxylic acids is 1. The van der Waals surface area contributed by atoms with Crippen molar-refractivity contribution in [3.8, 4) is 0 Å². The number of aromatic nitrogens is 3. The Balaban J connectivity index is 1.86. The molecule has 1 saturated carbocycles. The van der Waals surface area contributed by atoms with Gasteiger partial charge in [0.2, 0.25) is 0 Å². The van der Waals surface area contributed by atoms with Gasteiger partial charge in [-0.15, -0.1) is 0 Å². The molecule has 1 aliphatic rings. The average Bonchev–Trinajstić information content (AvgIpc) is 2.97. The largest absolute Gasteiger partial charge is 0.476 e. The first-order valence-electron chi connectivity index (χ1n) is 8.67. The van der Waals surface area contributed by atoms with Crippen LogP contribution in [-0.4, -0.2) is 25.7 Å². The Bertz CT molecular complexity index is 700. The van der Waals surface area contributed by atoms with Crippen LogP contribution < -0.4 is 0 Å². The summed E-state index contributed by atoms with van der Waals surface area (Å²) in [7, 11) is 0. The van der Waals surface area contributed by atoms with Crippen LogP contribution in [0.1, 0.15) is 80.2 Å². The van der Waals surface area contributed by atoms with Crippen molar-refractivity contribution in [2.75, 3.05) is 0 Å². The number of rotatable bonds is 5. The number of fused-ring (bicyclic) bond motifs is 1. The monoisotopic (exact) mass is 315 g/mol. The average molecular weight is 315 g/mol. The van der Waals surface area contributed by atoms with E-state index in [4.69, 9.17) is 5.11 Å². The molecule has 1 N–H and O–H groups in total. The van der Waals surface area contributed by atoms with Crippen molar-refractivity contribution < 1.29 is 9.90 Å². The molecule has 0 amide bonds. The fourth-order valence-electron chi connectivity index (χ4n) is 3.52. The summed E-state index contributed by atoms with van der Waals surface area (Å²) in [5, 5.41) is 13.3. The van der Waals surface area contributed by atoms with Crippen LogP contribution >= 0.6 is 0 Å². The molecule has 0 bridgehead atoms. The smallest absolute Gasteiger partial charge is 0.356 e. The lowest BCUT2D eigenvalue weighted by Gasteiger charge is -2.21. The van der Waals surface area contributed by atoms with Gasteiger partial charge in [0.15, 0.2) is 11.3 Å². The molecule has 2 aromatic heterocycles. The van der Waals surface area contributed by atoms with E-state index in [2.05, 4.69) is 30.0 Å². The van der Waals surface area contributed by atoms with Crippen LogP contribution in [0.5, 0.6) is 0 Å². The summed E-state index contributed by atoms with van der Waals surface area (Å²) in [6.45, 7) is 4.20. The molecule has 5 heteroatoms. The summed E-state index contributed by atoms with van der Waals surface area (Å²) in [5.41, 5.74) is 2.79. The van der Waals surface area contributed by atoms with E-state index in [0.717, 1.165) is 23.7 Å². The van der Waals surface area contributed by atoms with E-state index < -0.39 is 5.97 Å². The number of aryl methyl sites for hydroxylation is 1. The SMILES string of the molecule is CC(C)c1cc(CCC2CCCCC2)nc2cc(C(=O)O)nn12. The van der Waals surface area contributed by atoms with Crippen molar-refractivity contribution >= 4 is 11.6 Å². The number of carboxylic acids is 1. The van der Waals surface area contributed by atoms with Crippen molar-refractivity contribution in [3.63, 3.8) is 0 Å². The van der Waals surface area contributed by atoms with Crippen LogP contribution in [0, 0.1) is 5.92 Å². The molecular formula is C18H25N3O2. The van der Waals surface area contributed by atoms with Gasteiger partial charge in [-0.05, 0) is 30.7 Å². The molecule has 0 unspecified atom stereocenters. The van der Waals surface area contributed by atoms with Gasteiger partial charge in [0.25, 0.3) is 0 Å². The molecular weight excluding hydrogens is 290 g/mol.